The number of esters is 1. The van der Waals surface area contributed by atoms with Crippen LogP contribution in [0.15, 0.2) is 81.1 Å². The van der Waals surface area contributed by atoms with Crippen molar-refractivity contribution in [1.82, 2.24) is 4.57 Å². The Balaban J connectivity index is 1.86. The molecule has 3 aromatic rings. The quantitative estimate of drug-likeness (QED) is 0.199. The number of allylic oxidation sites excluding steroid dienone is 1. The first-order chi connectivity index (χ1) is 18.8. The number of hydrogen-bond donors (Lipinski definition) is 0. The number of carbonyl (C=O) groups is 1. The number of hydrogen-bond acceptors (Lipinski definition) is 8. The van der Waals surface area contributed by atoms with Gasteiger partial charge in [0.2, 0.25) is 0 Å². The van der Waals surface area contributed by atoms with Crippen molar-refractivity contribution in [3.8, 4) is 11.5 Å². The molecule has 1 aliphatic heterocycles. The summed E-state index contributed by atoms with van der Waals surface area (Å²) in [7, 11) is 0. The van der Waals surface area contributed by atoms with Gasteiger partial charge in [-0.3, -0.25) is 9.36 Å². The van der Waals surface area contributed by atoms with Gasteiger partial charge in [0.05, 0.1) is 34.6 Å². The highest BCUT2D eigenvalue weighted by atomic mass is 32.2. The van der Waals surface area contributed by atoms with Crippen molar-refractivity contribution in [2.45, 2.75) is 44.7 Å². The molecule has 0 saturated carbocycles. The van der Waals surface area contributed by atoms with E-state index in [4.69, 9.17) is 14.2 Å². The Morgan fingerprint density at radius 1 is 1.18 bits per heavy atom. The van der Waals surface area contributed by atoms with Crippen molar-refractivity contribution in [2.75, 3.05) is 19.5 Å². The number of rotatable bonds is 10. The summed E-state index contributed by atoms with van der Waals surface area (Å²) >= 11 is 2.91. The molecule has 39 heavy (non-hydrogen) atoms. The van der Waals surface area contributed by atoms with E-state index in [1.54, 1.807) is 43.2 Å². The highest BCUT2D eigenvalue weighted by Crippen LogP contribution is 2.32. The summed E-state index contributed by atoms with van der Waals surface area (Å²) < 4.78 is 19.1. The Hall–Kier alpha value is -3.56. The van der Waals surface area contributed by atoms with E-state index in [0.29, 0.717) is 45.3 Å². The lowest BCUT2D eigenvalue weighted by Crippen LogP contribution is -2.40. The number of nitrogens with zero attached hydrogens (tertiary/aromatic N) is 2. The highest BCUT2D eigenvalue weighted by Gasteiger charge is 2.33. The number of thioether (sulfide) groups is 1. The Labute approximate surface area is 236 Å². The van der Waals surface area contributed by atoms with Crippen molar-refractivity contribution < 1.29 is 19.0 Å². The molecule has 1 atom stereocenters. The van der Waals surface area contributed by atoms with Gasteiger partial charge >= 0.3 is 5.97 Å². The van der Waals surface area contributed by atoms with Gasteiger partial charge in [-0.25, -0.2) is 9.79 Å². The first kappa shape index (κ1) is 28.4. The maximum absolute atomic E-state index is 13.9. The summed E-state index contributed by atoms with van der Waals surface area (Å²) in [6.45, 7) is 11.8. The lowest BCUT2D eigenvalue weighted by atomic mass is 9.96. The molecule has 2 aromatic carbocycles. The van der Waals surface area contributed by atoms with Crippen molar-refractivity contribution in [3.05, 3.63) is 97.2 Å². The van der Waals surface area contributed by atoms with Crippen LogP contribution in [0.25, 0.3) is 6.08 Å². The smallest absolute Gasteiger partial charge is 0.338 e. The van der Waals surface area contributed by atoms with Crippen molar-refractivity contribution in [1.29, 1.82) is 0 Å². The number of aromatic nitrogens is 1. The minimum atomic E-state index is -0.653. The molecule has 0 radical (unpaired) electrons. The minimum Gasteiger partial charge on any atom is -0.490 e. The second-order valence-electron chi connectivity index (χ2n) is 9.05. The molecule has 0 unspecified atom stereocenters. The molecule has 0 N–H and O–H groups in total. The van der Waals surface area contributed by atoms with Crippen molar-refractivity contribution in [3.63, 3.8) is 0 Å². The molecule has 0 fully saturated rings. The molecule has 204 valence electrons. The molecule has 2 heterocycles. The summed E-state index contributed by atoms with van der Waals surface area (Å²) in [6, 6.07) is 12.8. The van der Waals surface area contributed by atoms with Gasteiger partial charge < -0.3 is 14.2 Å². The van der Waals surface area contributed by atoms with E-state index in [1.165, 1.54) is 11.3 Å². The second-order valence-corrected chi connectivity index (χ2v) is 10.9. The fraction of sp³-hybridized carbons (Fsp3) is 0.300. The molecule has 0 aliphatic carbocycles. The zero-order valence-electron chi connectivity index (χ0n) is 22.7. The fourth-order valence-electron chi connectivity index (χ4n) is 4.26. The molecular formula is C30H32N2O5S2. The van der Waals surface area contributed by atoms with E-state index < -0.39 is 12.0 Å². The Bertz CT molecular complexity index is 1580. The van der Waals surface area contributed by atoms with E-state index >= 15 is 0 Å². The number of carbonyl (C=O) groups excluding carboxylic acids is 1. The van der Waals surface area contributed by atoms with Gasteiger partial charge in [-0.2, -0.15) is 0 Å². The molecule has 4 rings (SSSR count). The van der Waals surface area contributed by atoms with Crippen LogP contribution in [0.1, 0.15) is 44.9 Å². The third-order valence-electron chi connectivity index (χ3n) is 5.94. The van der Waals surface area contributed by atoms with E-state index in [-0.39, 0.29) is 11.7 Å². The topological polar surface area (TPSA) is 79.1 Å². The largest absolute Gasteiger partial charge is 0.490 e. The van der Waals surface area contributed by atoms with Crippen LogP contribution in [0.4, 0.5) is 0 Å². The Morgan fingerprint density at radius 3 is 2.56 bits per heavy atom. The second kappa shape index (κ2) is 12.5. The maximum Gasteiger partial charge on any atom is 0.338 e. The molecule has 9 heteroatoms. The van der Waals surface area contributed by atoms with Crippen molar-refractivity contribution >= 4 is 35.1 Å². The van der Waals surface area contributed by atoms with Crippen molar-refractivity contribution in [2.24, 2.45) is 4.99 Å². The standard InChI is InChI=1S/C30H32N2O5S2/c1-7-15-36-23-14-9-20(16-24(23)35-8-2)17-25-28(33)32-27(21-10-12-22(38-6)13-11-21)26(29(34)37-18(3)4)19(5)31-30(32)39-25/h7,9-14,16-18,27H,1,8,15H2,2-6H3/b25-17-/t27-/m1/s1. The van der Waals surface area contributed by atoms with Crippen LogP contribution in [0, 0.1) is 0 Å². The van der Waals surface area contributed by atoms with Gasteiger partial charge in [0.15, 0.2) is 16.3 Å². The number of fused-ring (bicyclic) bond motifs is 1. The first-order valence-electron chi connectivity index (χ1n) is 12.6. The van der Waals surface area contributed by atoms with Gasteiger partial charge in [-0.1, -0.05) is 42.2 Å². The van der Waals surface area contributed by atoms with Crippen LogP contribution in [-0.4, -0.2) is 36.1 Å². The van der Waals surface area contributed by atoms with E-state index in [0.717, 1.165) is 16.0 Å². The van der Waals surface area contributed by atoms with Crippen LogP contribution >= 0.6 is 23.1 Å². The van der Waals surface area contributed by atoms with Crippen LogP contribution in [0.3, 0.4) is 0 Å². The van der Waals surface area contributed by atoms with Gasteiger partial charge in [0, 0.05) is 4.90 Å². The highest BCUT2D eigenvalue weighted by molar-refractivity contribution is 7.98. The number of benzene rings is 2. The molecular weight excluding hydrogens is 532 g/mol. The zero-order chi connectivity index (χ0) is 28.1. The summed E-state index contributed by atoms with van der Waals surface area (Å²) in [6.07, 6.45) is 5.17. The SMILES string of the molecule is C=CCOc1ccc(/C=c2\sc3n(c2=O)[C@H](c2ccc(SC)cc2)C(C(=O)OC(C)C)=C(C)N=3)cc1OCC. The van der Waals surface area contributed by atoms with E-state index in [2.05, 4.69) is 11.6 Å². The van der Waals surface area contributed by atoms with Gasteiger partial charge in [-0.05, 0) is 75.4 Å². The summed E-state index contributed by atoms with van der Waals surface area (Å²) in [4.78, 5) is 33.4. The predicted molar refractivity (Wildman–Crippen MR) is 157 cm³/mol. The number of thiazole rings is 1. The monoisotopic (exact) mass is 564 g/mol. The minimum absolute atomic E-state index is 0.231. The van der Waals surface area contributed by atoms with E-state index in [9.17, 15) is 9.59 Å². The normalized spacial score (nSPS) is 15.1. The third kappa shape index (κ3) is 6.20. The maximum atomic E-state index is 13.9. The Kier molecular flexibility index (Phi) is 9.14. The third-order valence-corrected chi connectivity index (χ3v) is 7.66. The summed E-state index contributed by atoms with van der Waals surface area (Å²) in [5, 5.41) is 0. The van der Waals surface area contributed by atoms with Gasteiger partial charge in [0.1, 0.15) is 6.61 Å². The van der Waals surface area contributed by atoms with Crippen LogP contribution < -0.4 is 24.4 Å². The molecule has 0 saturated heterocycles. The first-order valence-corrected chi connectivity index (χ1v) is 14.7. The zero-order valence-corrected chi connectivity index (χ0v) is 24.4. The van der Waals surface area contributed by atoms with Gasteiger partial charge in [0.25, 0.3) is 5.56 Å². The van der Waals surface area contributed by atoms with Gasteiger partial charge in [-0.15, -0.1) is 11.8 Å². The summed E-state index contributed by atoms with van der Waals surface area (Å²) in [5.74, 6) is 0.714. The predicted octanol–water partition coefficient (Wildman–Crippen LogP) is 4.87. The van der Waals surface area contributed by atoms with Crippen LogP contribution in [0.5, 0.6) is 11.5 Å². The fourth-order valence-corrected chi connectivity index (χ4v) is 5.72. The molecule has 0 bridgehead atoms. The Morgan fingerprint density at radius 2 is 1.92 bits per heavy atom. The average molecular weight is 565 g/mol. The molecule has 1 aliphatic rings. The van der Waals surface area contributed by atoms with Crippen LogP contribution in [0.2, 0.25) is 0 Å². The number of ether oxygens (including phenoxy) is 3. The lowest BCUT2D eigenvalue weighted by molar-refractivity contribution is -0.143. The molecule has 0 amide bonds. The summed E-state index contributed by atoms with van der Waals surface area (Å²) in [5.41, 5.74) is 2.26. The lowest BCUT2D eigenvalue weighted by Gasteiger charge is -2.25. The molecule has 1 aromatic heterocycles. The molecule has 7 nitrogen and oxygen atoms in total. The van der Waals surface area contributed by atoms with E-state index in [1.807, 2.05) is 61.7 Å². The molecule has 0 spiro atoms. The van der Waals surface area contributed by atoms with Crippen LogP contribution in [-0.2, 0) is 9.53 Å². The average Bonchev–Trinajstić information content (AvgIpc) is 3.21.